The van der Waals surface area contributed by atoms with Crippen molar-refractivity contribution in [1.29, 1.82) is 0 Å². The molecule has 0 spiro atoms. The molecule has 0 unspecified atom stereocenters. The zero-order valence-electron chi connectivity index (χ0n) is 15.7. The second-order valence-corrected chi connectivity index (χ2v) is 8.27. The van der Waals surface area contributed by atoms with Crippen LogP contribution in [-0.2, 0) is 4.79 Å². The van der Waals surface area contributed by atoms with E-state index in [0.717, 1.165) is 29.4 Å². The largest absolute Gasteiger partial charge is 0.454 e. The van der Waals surface area contributed by atoms with Gasteiger partial charge in [-0.2, -0.15) is 0 Å². The molecule has 0 bridgehead atoms. The summed E-state index contributed by atoms with van der Waals surface area (Å²) < 4.78 is 12.8. The third-order valence-corrected chi connectivity index (χ3v) is 5.86. The molecular formula is C20H19N5O3S. The number of anilines is 1. The van der Waals surface area contributed by atoms with Crippen LogP contribution < -0.4 is 14.8 Å². The van der Waals surface area contributed by atoms with Crippen LogP contribution in [0, 0.1) is 0 Å². The molecule has 0 saturated heterocycles. The number of ether oxygens (including phenoxy) is 2. The molecule has 3 heterocycles. The highest BCUT2D eigenvalue weighted by molar-refractivity contribution is 8.00. The Balaban J connectivity index is 1.32. The molecule has 1 atom stereocenters. The van der Waals surface area contributed by atoms with Crippen LogP contribution in [0.1, 0.15) is 25.8 Å². The zero-order chi connectivity index (χ0) is 19.8. The number of rotatable bonds is 6. The molecule has 5 rings (SSSR count). The van der Waals surface area contributed by atoms with Crippen LogP contribution in [0.3, 0.4) is 0 Å². The van der Waals surface area contributed by atoms with Gasteiger partial charge in [-0.1, -0.05) is 11.8 Å². The Morgan fingerprint density at radius 2 is 1.97 bits per heavy atom. The quantitative estimate of drug-likeness (QED) is 0.623. The van der Waals surface area contributed by atoms with E-state index < -0.39 is 0 Å². The van der Waals surface area contributed by atoms with Gasteiger partial charge < -0.3 is 14.8 Å². The standard InChI is InChI=1S/C20H19N5O3S/c1-12(19(26)22-14-2-5-16-17(10-14)28-11-27-16)29-20-24-23-18(25(20)15-3-4-15)13-6-8-21-9-7-13/h2,5-10,12,15H,3-4,11H2,1H3,(H,22,26)/t12-/m1/s1. The van der Waals surface area contributed by atoms with Gasteiger partial charge in [0.2, 0.25) is 12.7 Å². The summed E-state index contributed by atoms with van der Waals surface area (Å²) in [7, 11) is 0. The topological polar surface area (TPSA) is 91.2 Å². The molecule has 0 radical (unpaired) electrons. The van der Waals surface area contributed by atoms with Crippen molar-refractivity contribution in [3.63, 3.8) is 0 Å². The average molecular weight is 409 g/mol. The third kappa shape index (κ3) is 3.65. The van der Waals surface area contributed by atoms with Crippen LogP contribution in [0.15, 0.2) is 47.9 Å². The Hall–Kier alpha value is -3.07. The van der Waals surface area contributed by atoms with Crippen molar-refractivity contribution in [2.24, 2.45) is 0 Å². The van der Waals surface area contributed by atoms with Crippen LogP contribution in [0.5, 0.6) is 11.5 Å². The molecule has 148 valence electrons. The Bertz CT molecular complexity index is 1050. The van der Waals surface area contributed by atoms with E-state index >= 15 is 0 Å². The van der Waals surface area contributed by atoms with Gasteiger partial charge in [0.15, 0.2) is 22.5 Å². The van der Waals surface area contributed by atoms with Crippen molar-refractivity contribution in [3.05, 3.63) is 42.7 Å². The molecule has 1 amide bonds. The summed E-state index contributed by atoms with van der Waals surface area (Å²) >= 11 is 1.41. The molecule has 9 heteroatoms. The first kappa shape index (κ1) is 18.0. The number of pyridine rings is 1. The van der Waals surface area contributed by atoms with E-state index in [2.05, 4.69) is 25.1 Å². The van der Waals surface area contributed by atoms with Gasteiger partial charge in [-0.15, -0.1) is 10.2 Å². The Morgan fingerprint density at radius 1 is 1.17 bits per heavy atom. The molecule has 3 aromatic rings. The normalized spacial score (nSPS) is 15.9. The first-order valence-electron chi connectivity index (χ1n) is 9.41. The summed E-state index contributed by atoms with van der Waals surface area (Å²) in [6.45, 7) is 2.07. The Labute approximate surface area is 171 Å². The number of nitrogens with one attached hydrogen (secondary N) is 1. The predicted molar refractivity (Wildman–Crippen MR) is 108 cm³/mol. The smallest absolute Gasteiger partial charge is 0.237 e. The lowest BCUT2D eigenvalue weighted by Gasteiger charge is -2.13. The van der Waals surface area contributed by atoms with E-state index in [0.29, 0.717) is 23.2 Å². The fraction of sp³-hybridized carbons (Fsp3) is 0.300. The monoisotopic (exact) mass is 409 g/mol. The number of hydrogen-bond acceptors (Lipinski definition) is 7. The van der Waals surface area contributed by atoms with Crippen molar-refractivity contribution in [2.45, 2.75) is 36.2 Å². The summed E-state index contributed by atoms with van der Waals surface area (Å²) in [4.78, 5) is 16.8. The minimum Gasteiger partial charge on any atom is -0.454 e. The van der Waals surface area contributed by atoms with Crippen molar-refractivity contribution in [2.75, 3.05) is 12.1 Å². The number of nitrogens with zero attached hydrogens (tertiary/aromatic N) is 4. The first-order chi connectivity index (χ1) is 14.2. The van der Waals surface area contributed by atoms with E-state index in [-0.39, 0.29) is 18.0 Å². The number of aromatic nitrogens is 4. The van der Waals surface area contributed by atoms with Gasteiger partial charge in [0.1, 0.15) is 0 Å². The SMILES string of the molecule is C[C@@H](Sc1nnc(-c2ccncc2)n1C1CC1)C(=O)Nc1ccc2c(c1)OCO2. The van der Waals surface area contributed by atoms with Crippen LogP contribution in [0.2, 0.25) is 0 Å². The van der Waals surface area contributed by atoms with Crippen LogP contribution in [0.4, 0.5) is 5.69 Å². The third-order valence-electron chi connectivity index (χ3n) is 4.81. The second kappa shape index (κ2) is 7.40. The molecule has 1 aliphatic carbocycles. The Morgan fingerprint density at radius 3 is 2.76 bits per heavy atom. The highest BCUT2D eigenvalue weighted by atomic mass is 32.2. The number of benzene rings is 1. The first-order valence-corrected chi connectivity index (χ1v) is 10.3. The average Bonchev–Trinajstić information content (AvgIpc) is 3.32. The molecule has 8 nitrogen and oxygen atoms in total. The maximum atomic E-state index is 12.7. The molecule has 29 heavy (non-hydrogen) atoms. The molecule has 1 aliphatic heterocycles. The second-order valence-electron chi connectivity index (χ2n) is 6.96. The lowest BCUT2D eigenvalue weighted by Crippen LogP contribution is -2.22. The summed E-state index contributed by atoms with van der Waals surface area (Å²) in [6.07, 6.45) is 5.69. The van der Waals surface area contributed by atoms with Gasteiger partial charge in [0, 0.05) is 35.8 Å². The van der Waals surface area contributed by atoms with Gasteiger partial charge in [-0.05, 0) is 44.0 Å². The van der Waals surface area contributed by atoms with E-state index in [1.165, 1.54) is 11.8 Å². The van der Waals surface area contributed by atoms with Gasteiger partial charge in [0.25, 0.3) is 0 Å². The summed E-state index contributed by atoms with van der Waals surface area (Å²) in [5.41, 5.74) is 1.65. The van der Waals surface area contributed by atoms with E-state index in [4.69, 9.17) is 9.47 Å². The van der Waals surface area contributed by atoms with Crippen molar-refractivity contribution < 1.29 is 14.3 Å². The number of amides is 1. The van der Waals surface area contributed by atoms with Crippen molar-refractivity contribution in [1.82, 2.24) is 19.7 Å². The van der Waals surface area contributed by atoms with E-state index in [9.17, 15) is 4.79 Å². The number of fused-ring (bicyclic) bond motifs is 1. The zero-order valence-corrected chi connectivity index (χ0v) is 16.6. The summed E-state index contributed by atoms with van der Waals surface area (Å²) in [5.74, 6) is 2.04. The predicted octanol–water partition coefficient (Wildman–Crippen LogP) is 3.52. The maximum Gasteiger partial charge on any atom is 0.237 e. The van der Waals surface area contributed by atoms with Crippen LogP contribution in [0.25, 0.3) is 11.4 Å². The lowest BCUT2D eigenvalue weighted by atomic mass is 10.2. The fourth-order valence-electron chi connectivity index (χ4n) is 3.15. The molecular weight excluding hydrogens is 390 g/mol. The van der Waals surface area contributed by atoms with Crippen LogP contribution >= 0.6 is 11.8 Å². The van der Waals surface area contributed by atoms with Gasteiger partial charge in [-0.25, -0.2) is 0 Å². The van der Waals surface area contributed by atoms with Crippen LogP contribution in [-0.4, -0.2) is 37.7 Å². The van der Waals surface area contributed by atoms with Crippen molar-refractivity contribution in [3.8, 4) is 22.9 Å². The Kier molecular flexibility index (Phi) is 4.59. The number of carbonyl (C=O) groups excluding carboxylic acids is 1. The van der Waals surface area contributed by atoms with Gasteiger partial charge in [-0.3, -0.25) is 14.3 Å². The highest BCUT2D eigenvalue weighted by Gasteiger charge is 2.31. The highest BCUT2D eigenvalue weighted by Crippen LogP contribution is 2.41. The number of carbonyl (C=O) groups is 1. The molecule has 1 aromatic carbocycles. The molecule has 1 saturated carbocycles. The van der Waals surface area contributed by atoms with E-state index in [1.54, 1.807) is 30.6 Å². The van der Waals surface area contributed by atoms with E-state index in [1.807, 2.05) is 19.1 Å². The minimum absolute atomic E-state index is 0.107. The van der Waals surface area contributed by atoms with Crippen molar-refractivity contribution >= 4 is 23.4 Å². The lowest BCUT2D eigenvalue weighted by molar-refractivity contribution is -0.115. The number of hydrogen-bond donors (Lipinski definition) is 1. The van der Waals surface area contributed by atoms with Gasteiger partial charge in [0.05, 0.1) is 5.25 Å². The maximum absolute atomic E-state index is 12.7. The summed E-state index contributed by atoms with van der Waals surface area (Å²) in [6, 6.07) is 9.60. The minimum atomic E-state index is -0.340. The number of thioether (sulfide) groups is 1. The fourth-order valence-corrected chi connectivity index (χ4v) is 4.07. The summed E-state index contributed by atoms with van der Waals surface area (Å²) in [5, 5.41) is 12.1. The molecule has 2 aromatic heterocycles. The molecule has 1 fully saturated rings. The molecule has 2 aliphatic rings. The molecule has 1 N–H and O–H groups in total. The van der Waals surface area contributed by atoms with Gasteiger partial charge >= 0.3 is 0 Å².